The minimum absolute atomic E-state index is 0. The number of halogens is 2. The van der Waals surface area contributed by atoms with Crippen LogP contribution in [0.15, 0.2) is 29.3 Å². The Kier molecular flexibility index (Phi) is 10.2. The van der Waals surface area contributed by atoms with Crippen LogP contribution in [-0.4, -0.2) is 43.6 Å². The average Bonchev–Trinajstić information content (AvgIpc) is 3.03. The van der Waals surface area contributed by atoms with E-state index in [1.54, 1.807) is 12.1 Å². The number of likely N-dealkylation sites (tertiary alicyclic amines) is 1. The standard InChI is InChI=1S/C17H27FN4.HI/c1-2-19-17(20-10-7-13-22-11-5-6-12-22)21-14-15-8-3-4-9-16(15)18;/h3-4,8-9H,2,5-7,10-14H2,1H3,(H2,19,20,21);1H. The van der Waals surface area contributed by atoms with E-state index in [4.69, 9.17) is 0 Å². The second-order valence-electron chi connectivity index (χ2n) is 5.62. The Hall–Kier alpha value is -0.890. The number of benzene rings is 1. The largest absolute Gasteiger partial charge is 0.357 e. The molecule has 130 valence electrons. The number of rotatable bonds is 7. The van der Waals surface area contributed by atoms with Crippen LogP contribution in [0.1, 0.15) is 31.7 Å². The van der Waals surface area contributed by atoms with Gasteiger partial charge in [0.15, 0.2) is 5.96 Å². The van der Waals surface area contributed by atoms with E-state index in [2.05, 4.69) is 20.5 Å². The second-order valence-corrected chi connectivity index (χ2v) is 5.62. The van der Waals surface area contributed by atoms with Crippen molar-refractivity contribution in [1.29, 1.82) is 0 Å². The molecule has 4 nitrogen and oxygen atoms in total. The quantitative estimate of drug-likeness (QED) is 0.300. The van der Waals surface area contributed by atoms with Crippen molar-refractivity contribution in [3.05, 3.63) is 35.6 Å². The number of nitrogens with zero attached hydrogens (tertiary/aromatic N) is 2. The van der Waals surface area contributed by atoms with Gasteiger partial charge in [-0.25, -0.2) is 9.38 Å². The zero-order chi connectivity index (χ0) is 15.6. The molecule has 0 aliphatic carbocycles. The predicted octanol–water partition coefficient (Wildman–Crippen LogP) is 2.98. The highest BCUT2D eigenvalue weighted by Crippen LogP contribution is 2.08. The molecule has 0 unspecified atom stereocenters. The van der Waals surface area contributed by atoms with Gasteiger partial charge in [-0.3, -0.25) is 0 Å². The van der Waals surface area contributed by atoms with E-state index in [0.29, 0.717) is 12.1 Å². The van der Waals surface area contributed by atoms with Gasteiger partial charge in [0.1, 0.15) is 5.82 Å². The van der Waals surface area contributed by atoms with Crippen LogP contribution in [0, 0.1) is 5.82 Å². The van der Waals surface area contributed by atoms with E-state index in [9.17, 15) is 4.39 Å². The molecule has 0 radical (unpaired) electrons. The Morgan fingerprint density at radius 3 is 2.65 bits per heavy atom. The maximum absolute atomic E-state index is 13.6. The van der Waals surface area contributed by atoms with Crippen LogP contribution in [0.2, 0.25) is 0 Å². The summed E-state index contributed by atoms with van der Waals surface area (Å²) in [5, 5.41) is 6.53. The lowest BCUT2D eigenvalue weighted by molar-refractivity contribution is 0.334. The molecule has 6 heteroatoms. The van der Waals surface area contributed by atoms with Crippen LogP contribution in [-0.2, 0) is 6.54 Å². The summed E-state index contributed by atoms with van der Waals surface area (Å²) in [6.07, 6.45) is 3.77. The van der Waals surface area contributed by atoms with Crippen molar-refractivity contribution in [2.45, 2.75) is 32.7 Å². The zero-order valence-corrected chi connectivity index (χ0v) is 16.2. The molecule has 0 atom stereocenters. The van der Waals surface area contributed by atoms with Gasteiger partial charge < -0.3 is 15.5 Å². The van der Waals surface area contributed by atoms with Gasteiger partial charge in [-0.05, 0) is 51.9 Å². The first kappa shape index (κ1) is 20.2. The van der Waals surface area contributed by atoms with Gasteiger partial charge >= 0.3 is 0 Å². The summed E-state index contributed by atoms with van der Waals surface area (Å²) in [6.45, 7) is 7.69. The summed E-state index contributed by atoms with van der Waals surface area (Å²) in [4.78, 5) is 6.96. The molecule has 1 heterocycles. The predicted molar refractivity (Wildman–Crippen MR) is 105 cm³/mol. The highest BCUT2D eigenvalue weighted by Gasteiger charge is 2.10. The normalized spacial score (nSPS) is 15.3. The second kappa shape index (κ2) is 11.6. The van der Waals surface area contributed by atoms with Crippen LogP contribution in [0.3, 0.4) is 0 Å². The fourth-order valence-corrected chi connectivity index (χ4v) is 2.65. The fourth-order valence-electron chi connectivity index (χ4n) is 2.65. The lowest BCUT2D eigenvalue weighted by Gasteiger charge is -2.15. The molecule has 1 aromatic carbocycles. The van der Waals surface area contributed by atoms with Crippen molar-refractivity contribution >= 4 is 29.9 Å². The highest BCUT2D eigenvalue weighted by molar-refractivity contribution is 14.0. The van der Waals surface area contributed by atoms with Gasteiger partial charge in [0.25, 0.3) is 0 Å². The highest BCUT2D eigenvalue weighted by atomic mass is 127. The number of aliphatic imine (C=N–C) groups is 1. The summed E-state index contributed by atoms with van der Waals surface area (Å²) in [5.74, 6) is 0.559. The van der Waals surface area contributed by atoms with E-state index in [1.807, 2.05) is 13.0 Å². The summed E-state index contributed by atoms with van der Waals surface area (Å²) >= 11 is 0. The molecule has 2 N–H and O–H groups in total. The molecule has 1 aromatic rings. The number of hydrogen-bond acceptors (Lipinski definition) is 2. The molecule has 1 saturated heterocycles. The first-order valence-corrected chi connectivity index (χ1v) is 8.27. The van der Waals surface area contributed by atoms with E-state index in [0.717, 1.165) is 32.0 Å². The number of hydrogen-bond donors (Lipinski definition) is 2. The monoisotopic (exact) mass is 434 g/mol. The summed E-state index contributed by atoms with van der Waals surface area (Å²) in [5.41, 5.74) is 0.622. The lowest BCUT2D eigenvalue weighted by atomic mass is 10.2. The number of guanidine groups is 1. The van der Waals surface area contributed by atoms with Crippen LogP contribution in [0.4, 0.5) is 4.39 Å². The first-order chi connectivity index (χ1) is 10.8. The fraction of sp³-hybridized carbons (Fsp3) is 0.588. The summed E-state index contributed by atoms with van der Waals surface area (Å²) in [7, 11) is 0. The van der Waals surface area contributed by atoms with E-state index < -0.39 is 0 Å². The third-order valence-corrected chi connectivity index (χ3v) is 3.85. The first-order valence-electron chi connectivity index (χ1n) is 8.27. The molecule has 1 aliphatic rings. The van der Waals surface area contributed by atoms with Crippen molar-refractivity contribution < 1.29 is 4.39 Å². The molecule has 0 spiro atoms. The van der Waals surface area contributed by atoms with Gasteiger partial charge in [0.2, 0.25) is 0 Å². The van der Waals surface area contributed by atoms with Crippen molar-refractivity contribution in [3.8, 4) is 0 Å². The van der Waals surface area contributed by atoms with Gasteiger partial charge in [0, 0.05) is 18.7 Å². The molecule has 23 heavy (non-hydrogen) atoms. The van der Waals surface area contributed by atoms with Crippen LogP contribution < -0.4 is 10.6 Å². The van der Waals surface area contributed by atoms with Crippen LogP contribution in [0.5, 0.6) is 0 Å². The molecular weight excluding hydrogens is 406 g/mol. The molecular formula is C17H28FIN4. The maximum Gasteiger partial charge on any atom is 0.191 e. The van der Waals surface area contributed by atoms with Crippen LogP contribution in [0.25, 0.3) is 0 Å². The Morgan fingerprint density at radius 2 is 1.96 bits per heavy atom. The Bertz CT molecular complexity index is 475. The minimum atomic E-state index is -0.198. The van der Waals surface area contributed by atoms with E-state index >= 15 is 0 Å². The van der Waals surface area contributed by atoms with Crippen molar-refractivity contribution in [3.63, 3.8) is 0 Å². The Morgan fingerprint density at radius 1 is 1.22 bits per heavy atom. The van der Waals surface area contributed by atoms with Crippen molar-refractivity contribution in [1.82, 2.24) is 15.5 Å². The number of nitrogens with one attached hydrogen (secondary N) is 2. The van der Waals surface area contributed by atoms with Crippen molar-refractivity contribution in [2.75, 3.05) is 32.7 Å². The molecule has 0 amide bonds. The minimum Gasteiger partial charge on any atom is -0.357 e. The molecule has 1 aliphatic heterocycles. The molecule has 0 saturated carbocycles. The van der Waals surface area contributed by atoms with E-state index in [1.165, 1.54) is 32.0 Å². The van der Waals surface area contributed by atoms with E-state index in [-0.39, 0.29) is 29.8 Å². The third-order valence-electron chi connectivity index (χ3n) is 3.85. The van der Waals surface area contributed by atoms with Gasteiger partial charge in [0.05, 0.1) is 6.54 Å². The topological polar surface area (TPSA) is 39.7 Å². The van der Waals surface area contributed by atoms with Gasteiger partial charge in [-0.15, -0.1) is 24.0 Å². The SMILES string of the molecule is CCNC(=NCc1ccccc1F)NCCCN1CCCC1.I. The smallest absolute Gasteiger partial charge is 0.191 e. The van der Waals surface area contributed by atoms with Gasteiger partial charge in [-0.1, -0.05) is 18.2 Å². The van der Waals surface area contributed by atoms with Gasteiger partial charge in [-0.2, -0.15) is 0 Å². The Balaban J connectivity index is 0.00000264. The molecule has 0 aromatic heterocycles. The summed E-state index contributed by atoms with van der Waals surface area (Å²) < 4.78 is 13.6. The lowest BCUT2D eigenvalue weighted by Crippen LogP contribution is -2.38. The average molecular weight is 434 g/mol. The third kappa shape index (κ3) is 7.48. The molecule has 2 rings (SSSR count). The molecule has 0 bridgehead atoms. The zero-order valence-electron chi connectivity index (χ0n) is 13.9. The van der Waals surface area contributed by atoms with Crippen molar-refractivity contribution in [2.24, 2.45) is 4.99 Å². The Labute approximate surface area is 156 Å². The maximum atomic E-state index is 13.6. The summed E-state index contributed by atoms with van der Waals surface area (Å²) in [6, 6.07) is 6.78. The molecule has 1 fully saturated rings. The van der Waals surface area contributed by atoms with Crippen LogP contribution >= 0.6 is 24.0 Å².